The maximum absolute atomic E-state index is 13.2. The lowest BCUT2D eigenvalue weighted by atomic mass is 10.2. The van der Waals surface area contributed by atoms with Gasteiger partial charge in [0.1, 0.15) is 16.3 Å². The highest BCUT2D eigenvalue weighted by Gasteiger charge is 2.34. The number of aromatic nitrogens is 1. The molecule has 0 N–H and O–H groups in total. The molecule has 1 aliphatic heterocycles. The average Bonchev–Trinajstić information content (AvgIpc) is 3.43. The first kappa shape index (κ1) is 23.2. The molecule has 3 aromatic rings. The Hall–Kier alpha value is -2.95. The van der Waals surface area contributed by atoms with E-state index in [4.69, 9.17) is 8.94 Å². The quantitative estimate of drug-likeness (QED) is 0.496. The Kier molecular flexibility index (Phi) is 6.96. The molecule has 10 heteroatoms. The van der Waals surface area contributed by atoms with E-state index in [2.05, 4.69) is 5.16 Å². The highest BCUT2D eigenvalue weighted by molar-refractivity contribution is 7.89. The van der Waals surface area contributed by atoms with Crippen molar-refractivity contribution in [3.8, 4) is 0 Å². The smallest absolute Gasteiger partial charge is 0.248 e. The number of aryl methyl sites for hydroxylation is 2. The van der Waals surface area contributed by atoms with Crippen LogP contribution in [0.4, 0.5) is 0 Å². The number of rotatable bonds is 8. The molecular formula is C23H28N4O5S. The van der Waals surface area contributed by atoms with Gasteiger partial charge in [-0.15, -0.1) is 0 Å². The van der Waals surface area contributed by atoms with Crippen LogP contribution in [0, 0.1) is 13.8 Å². The van der Waals surface area contributed by atoms with Crippen molar-refractivity contribution in [2.45, 2.75) is 31.8 Å². The third kappa shape index (κ3) is 5.35. The molecule has 0 aliphatic carbocycles. The van der Waals surface area contributed by atoms with Crippen LogP contribution in [0.1, 0.15) is 22.8 Å². The maximum atomic E-state index is 13.2. The maximum Gasteiger partial charge on any atom is 0.248 e. The molecule has 1 fully saturated rings. The summed E-state index contributed by atoms with van der Waals surface area (Å²) in [4.78, 5) is 17.1. The van der Waals surface area contributed by atoms with Crippen molar-refractivity contribution in [3.63, 3.8) is 0 Å². The van der Waals surface area contributed by atoms with Crippen molar-refractivity contribution < 1.29 is 22.2 Å². The van der Waals surface area contributed by atoms with Crippen LogP contribution >= 0.6 is 0 Å². The molecule has 0 unspecified atom stereocenters. The number of carbonyl (C=O) groups excluding carboxylic acids is 1. The molecule has 0 radical (unpaired) electrons. The number of hydrogen-bond donors (Lipinski definition) is 0. The van der Waals surface area contributed by atoms with Gasteiger partial charge in [-0.3, -0.25) is 9.69 Å². The Balaban J connectivity index is 1.39. The number of nitrogens with zero attached hydrogens (tertiary/aromatic N) is 4. The molecule has 0 spiro atoms. The minimum absolute atomic E-state index is 0.0303. The van der Waals surface area contributed by atoms with Crippen LogP contribution in [0.3, 0.4) is 0 Å². The Morgan fingerprint density at radius 2 is 1.76 bits per heavy atom. The van der Waals surface area contributed by atoms with Gasteiger partial charge in [-0.05, 0) is 31.5 Å². The van der Waals surface area contributed by atoms with Gasteiger partial charge in [-0.25, -0.2) is 8.42 Å². The third-order valence-electron chi connectivity index (χ3n) is 5.75. The van der Waals surface area contributed by atoms with Gasteiger partial charge in [0.05, 0.1) is 19.4 Å². The zero-order valence-corrected chi connectivity index (χ0v) is 19.6. The van der Waals surface area contributed by atoms with E-state index in [0.29, 0.717) is 50.7 Å². The summed E-state index contributed by atoms with van der Waals surface area (Å²) in [6.45, 7) is 5.82. The monoisotopic (exact) mass is 472 g/mol. The molecule has 0 atom stereocenters. The lowest BCUT2D eigenvalue weighted by Crippen LogP contribution is -2.51. The number of hydrogen-bond acceptors (Lipinski definition) is 7. The van der Waals surface area contributed by atoms with Crippen molar-refractivity contribution in [1.82, 2.24) is 19.3 Å². The predicted molar refractivity (Wildman–Crippen MR) is 121 cm³/mol. The van der Waals surface area contributed by atoms with E-state index in [0.717, 1.165) is 11.3 Å². The lowest BCUT2D eigenvalue weighted by Gasteiger charge is -2.34. The molecule has 0 saturated carbocycles. The number of sulfonamides is 1. The van der Waals surface area contributed by atoms with E-state index >= 15 is 0 Å². The first-order valence-corrected chi connectivity index (χ1v) is 12.3. The molecule has 33 heavy (non-hydrogen) atoms. The van der Waals surface area contributed by atoms with Gasteiger partial charge in [0, 0.05) is 32.7 Å². The third-order valence-corrected chi connectivity index (χ3v) is 7.90. The average molecular weight is 473 g/mol. The van der Waals surface area contributed by atoms with Gasteiger partial charge in [-0.1, -0.05) is 35.5 Å². The summed E-state index contributed by atoms with van der Waals surface area (Å²) in [6.07, 6.45) is 1.60. The van der Waals surface area contributed by atoms with Gasteiger partial charge in [-0.2, -0.15) is 4.31 Å². The van der Waals surface area contributed by atoms with Crippen molar-refractivity contribution in [3.05, 3.63) is 71.5 Å². The van der Waals surface area contributed by atoms with Crippen LogP contribution in [0.15, 0.2) is 62.6 Å². The summed E-state index contributed by atoms with van der Waals surface area (Å²) in [7, 11) is -3.68. The van der Waals surface area contributed by atoms with E-state index in [1.54, 1.807) is 31.1 Å². The largest absolute Gasteiger partial charge is 0.467 e. The minimum Gasteiger partial charge on any atom is -0.467 e. The molecular weight excluding hydrogens is 444 g/mol. The first-order chi connectivity index (χ1) is 15.8. The predicted octanol–water partition coefficient (Wildman–Crippen LogP) is 2.42. The van der Waals surface area contributed by atoms with Crippen LogP contribution in [0.25, 0.3) is 0 Å². The van der Waals surface area contributed by atoms with Gasteiger partial charge >= 0.3 is 0 Å². The minimum atomic E-state index is -3.68. The Labute approximate surface area is 193 Å². The normalized spacial score (nSPS) is 15.6. The molecule has 9 nitrogen and oxygen atoms in total. The van der Waals surface area contributed by atoms with Gasteiger partial charge in [0.15, 0.2) is 5.76 Å². The number of furan rings is 1. The fourth-order valence-electron chi connectivity index (χ4n) is 4.02. The lowest BCUT2D eigenvalue weighted by molar-refractivity contribution is -0.134. The van der Waals surface area contributed by atoms with Crippen LogP contribution in [0.2, 0.25) is 0 Å². The summed E-state index contributed by atoms with van der Waals surface area (Å²) >= 11 is 0. The van der Waals surface area contributed by atoms with Gasteiger partial charge in [0.2, 0.25) is 15.9 Å². The van der Waals surface area contributed by atoms with E-state index in [1.807, 2.05) is 41.3 Å². The molecule has 1 aliphatic rings. The van der Waals surface area contributed by atoms with Crippen LogP contribution in [-0.2, 0) is 27.9 Å². The highest BCUT2D eigenvalue weighted by Crippen LogP contribution is 2.24. The van der Waals surface area contributed by atoms with Crippen molar-refractivity contribution in [2.24, 2.45) is 0 Å². The molecule has 1 amide bonds. The Morgan fingerprint density at radius 1 is 1.03 bits per heavy atom. The Bertz CT molecular complexity index is 1150. The van der Waals surface area contributed by atoms with Gasteiger partial charge in [0.25, 0.3) is 0 Å². The molecule has 176 valence electrons. The van der Waals surface area contributed by atoms with Gasteiger partial charge < -0.3 is 13.8 Å². The van der Waals surface area contributed by atoms with Crippen LogP contribution < -0.4 is 0 Å². The van der Waals surface area contributed by atoms with Crippen molar-refractivity contribution in [1.29, 1.82) is 0 Å². The van der Waals surface area contributed by atoms with E-state index in [-0.39, 0.29) is 17.3 Å². The second-order valence-corrected chi connectivity index (χ2v) is 10.0. The zero-order valence-electron chi connectivity index (χ0n) is 18.8. The van der Waals surface area contributed by atoms with Crippen LogP contribution in [-0.4, -0.2) is 66.3 Å². The number of amides is 1. The second-order valence-electron chi connectivity index (χ2n) is 8.15. The van der Waals surface area contributed by atoms with Crippen molar-refractivity contribution >= 4 is 15.9 Å². The number of piperazine rings is 1. The van der Waals surface area contributed by atoms with E-state index < -0.39 is 10.0 Å². The molecule has 0 bridgehead atoms. The first-order valence-electron chi connectivity index (χ1n) is 10.8. The molecule has 1 aromatic carbocycles. The SMILES string of the molecule is Cc1noc(C)c1S(=O)(=O)N1CCN(CC(=O)N(Cc2ccccc2)Cc2ccco2)CC1. The topological polar surface area (TPSA) is 100 Å². The standard InChI is InChI=1S/C23H28N4O5S/c1-18-23(19(2)32-24-18)33(29,30)27-12-10-25(11-13-27)17-22(28)26(16-21-9-6-14-31-21)15-20-7-4-3-5-8-20/h3-9,14H,10-13,15-17H2,1-2H3. The Morgan fingerprint density at radius 3 is 2.36 bits per heavy atom. The second kappa shape index (κ2) is 9.90. The zero-order chi connectivity index (χ0) is 23.4. The number of benzene rings is 1. The molecule has 3 heterocycles. The van der Waals surface area contributed by atoms with E-state index in [9.17, 15) is 13.2 Å². The summed E-state index contributed by atoms with van der Waals surface area (Å²) in [5, 5.41) is 3.77. The molecule has 4 rings (SSSR count). The fraction of sp³-hybridized carbons (Fsp3) is 0.391. The van der Waals surface area contributed by atoms with E-state index in [1.165, 1.54) is 4.31 Å². The van der Waals surface area contributed by atoms with Crippen LogP contribution in [0.5, 0.6) is 0 Å². The molecule has 2 aromatic heterocycles. The summed E-state index contributed by atoms with van der Waals surface area (Å²) < 4.78 is 38.0. The highest BCUT2D eigenvalue weighted by atomic mass is 32.2. The summed E-state index contributed by atoms with van der Waals surface area (Å²) in [5.74, 6) is 0.978. The fourth-order valence-corrected chi connectivity index (χ4v) is 5.73. The molecule has 1 saturated heterocycles. The number of carbonyl (C=O) groups is 1. The summed E-state index contributed by atoms with van der Waals surface area (Å²) in [5.41, 5.74) is 1.40. The van der Waals surface area contributed by atoms with Crippen molar-refractivity contribution in [2.75, 3.05) is 32.7 Å². The summed E-state index contributed by atoms with van der Waals surface area (Å²) in [6, 6.07) is 13.5.